The van der Waals surface area contributed by atoms with Crippen molar-refractivity contribution in [2.45, 2.75) is 13.8 Å². The van der Waals surface area contributed by atoms with Crippen LogP contribution in [0.4, 0.5) is 0 Å². The number of hydrogen-bond acceptors (Lipinski definition) is 5. The summed E-state index contributed by atoms with van der Waals surface area (Å²) in [6, 6.07) is 3.77. The molecule has 0 saturated heterocycles. The maximum Gasteiger partial charge on any atom is 0.265 e. The molecule has 112 valence electrons. The first-order valence-corrected chi connectivity index (χ1v) is 7.56. The van der Waals surface area contributed by atoms with E-state index in [1.54, 1.807) is 30.5 Å². The maximum atomic E-state index is 12.4. The number of hydrogen-bond donors (Lipinski definition) is 1. The molecule has 2 heterocycles. The van der Waals surface area contributed by atoms with Gasteiger partial charge in [0, 0.05) is 31.5 Å². The fourth-order valence-corrected chi connectivity index (χ4v) is 2.88. The lowest BCUT2D eigenvalue weighted by atomic mass is 9.93. The van der Waals surface area contributed by atoms with Crippen LogP contribution in [0.25, 0.3) is 10.6 Å². The van der Waals surface area contributed by atoms with Gasteiger partial charge in [-0.25, -0.2) is 4.98 Å². The third-order valence-electron chi connectivity index (χ3n) is 3.21. The summed E-state index contributed by atoms with van der Waals surface area (Å²) in [5.74, 6) is -0.0191. The average Bonchev–Trinajstić information content (AvgIpc) is 2.96. The standard InChI is InChI=1S/C15H20N4OS/c1-15(2,9-16)10-19(3)14(20)12-8-18-13(21-12)11-4-6-17-7-5-11/h4-8H,9-10,16H2,1-3H3. The highest BCUT2D eigenvalue weighted by Gasteiger charge is 2.23. The maximum absolute atomic E-state index is 12.4. The van der Waals surface area contributed by atoms with Gasteiger partial charge >= 0.3 is 0 Å². The summed E-state index contributed by atoms with van der Waals surface area (Å²) in [7, 11) is 1.80. The molecule has 5 nitrogen and oxygen atoms in total. The van der Waals surface area contributed by atoms with Crippen molar-refractivity contribution < 1.29 is 4.79 Å². The first-order valence-electron chi connectivity index (χ1n) is 6.75. The fourth-order valence-electron chi connectivity index (χ4n) is 1.97. The zero-order valence-electron chi connectivity index (χ0n) is 12.5. The highest BCUT2D eigenvalue weighted by Crippen LogP contribution is 2.25. The molecular weight excluding hydrogens is 284 g/mol. The molecule has 0 radical (unpaired) electrons. The first kappa shape index (κ1) is 15.6. The van der Waals surface area contributed by atoms with E-state index in [0.717, 1.165) is 10.6 Å². The Bertz CT molecular complexity index is 609. The van der Waals surface area contributed by atoms with Crippen LogP contribution in [0.15, 0.2) is 30.7 Å². The summed E-state index contributed by atoms with van der Waals surface area (Å²) >= 11 is 1.39. The van der Waals surface area contributed by atoms with Crippen molar-refractivity contribution >= 4 is 17.2 Å². The lowest BCUT2D eigenvalue weighted by molar-refractivity contribution is 0.0745. The van der Waals surface area contributed by atoms with Gasteiger partial charge in [-0.1, -0.05) is 13.8 Å². The van der Waals surface area contributed by atoms with Crippen molar-refractivity contribution in [1.29, 1.82) is 0 Å². The third-order valence-corrected chi connectivity index (χ3v) is 4.24. The van der Waals surface area contributed by atoms with E-state index < -0.39 is 0 Å². The van der Waals surface area contributed by atoms with Crippen LogP contribution in [0, 0.1) is 5.41 Å². The van der Waals surface area contributed by atoms with Crippen molar-refractivity contribution in [2.75, 3.05) is 20.1 Å². The highest BCUT2D eigenvalue weighted by molar-refractivity contribution is 7.16. The molecule has 0 aliphatic carbocycles. The summed E-state index contributed by atoms with van der Waals surface area (Å²) in [5, 5.41) is 0.826. The van der Waals surface area contributed by atoms with Crippen molar-refractivity contribution in [1.82, 2.24) is 14.9 Å². The Kier molecular flexibility index (Phi) is 4.69. The second-order valence-corrected chi connectivity index (χ2v) is 6.83. The number of aromatic nitrogens is 2. The lowest BCUT2D eigenvalue weighted by Gasteiger charge is -2.28. The van der Waals surface area contributed by atoms with Gasteiger partial charge in [-0.15, -0.1) is 11.3 Å². The van der Waals surface area contributed by atoms with Gasteiger partial charge in [-0.05, 0) is 24.1 Å². The molecule has 6 heteroatoms. The van der Waals surface area contributed by atoms with E-state index in [1.165, 1.54) is 11.3 Å². The van der Waals surface area contributed by atoms with E-state index >= 15 is 0 Å². The van der Waals surface area contributed by atoms with Gasteiger partial charge < -0.3 is 10.6 Å². The summed E-state index contributed by atoms with van der Waals surface area (Å²) in [6.45, 7) is 5.25. The van der Waals surface area contributed by atoms with Gasteiger partial charge in [0.25, 0.3) is 5.91 Å². The van der Waals surface area contributed by atoms with Crippen LogP contribution in [0.1, 0.15) is 23.5 Å². The summed E-state index contributed by atoms with van der Waals surface area (Å²) in [6.07, 6.45) is 5.07. The van der Waals surface area contributed by atoms with Crippen LogP contribution in [0.3, 0.4) is 0 Å². The molecule has 21 heavy (non-hydrogen) atoms. The molecule has 2 N–H and O–H groups in total. The molecule has 0 aliphatic rings. The minimum Gasteiger partial charge on any atom is -0.340 e. The number of carbonyl (C=O) groups excluding carboxylic acids is 1. The number of amides is 1. The van der Waals surface area contributed by atoms with E-state index in [9.17, 15) is 4.79 Å². The molecule has 0 unspecified atom stereocenters. The summed E-state index contributed by atoms with van der Waals surface area (Å²) < 4.78 is 0. The summed E-state index contributed by atoms with van der Waals surface area (Å²) in [4.78, 5) is 23.1. The van der Waals surface area contributed by atoms with Crippen LogP contribution in [0.5, 0.6) is 0 Å². The number of pyridine rings is 1. The van der Waals surface area contributed by atoms with Crippen LogP contribution in [-0.2, 0) is 0 Å². The highest BCUT2D eigenvalue weighted by atomic mass is 32.1. The number of carbonyl (C=O) groups is 1. The smallest absolute Gasteiger partial charge is 0.265 e. The quantitative estimate of drug-likeness (QED) is 0.919. The number of nitrogens with two attached hydrogens (primary N) is 1. The molecule has 0 aliphatic heterocycles. The van der Waals surface area contributed by atoms with Gasteiger partial charge in [0.1, 0.15) is 9.88 Å². The minimum absolute atomic E-state index is 0.0191. The van der Waals surface area contributed by atoms with Gasteiger partial charge in [0.15, 0.2) is 0 Å². The number of nitrogens with zero attached hydrogens (tertiary/aromatic N) is 3. The Balaban J connectivity index is 2.12. The molecule has 1 amide bonds. The van der Waals surface area contributed by atoms with E-state index in [4.69, 9.17) is 5.73 Å². The van der Waals surface area contributed by atoms with Crippen LogP contribution < -0.4 is 5.73 Å². The average molecular weight is 304 g/mol. The van der Waals surface area contributed by atoms with Gasteiger partial charge in [0.05, 0.1) is 6.20 Å². The first-order chi connectivity index (χ1) is 9.93. The number of thiazole rings is 1. The molecule has 0 fully saturated rings. The third kappa shape index (κ3) is 3.86. The Morgan fingerprint density at radius 1 is 1.38 bits per heavy atom. The molecule has 0 aromatic carbocycles. The van der Waals surface area contributed by atoms with E-state index in [0.29, 0.717) is 18.0 Å². The predicted octanol–water partition coefficient (Wildman–Crippen LogP) is 2.26. The van der Waals surface area contributed by atoms with E-state index in [-0.39, 0.29) is 11.3 Å². The normalized spacial score (nSPS) is 11.4. The Hall–Kier alpha value is -1.79. The Labute approximate surface area is 128 Å². The topological polar surface area (TPSA) is 72.1 Å². The minimum atomic E-state index is -0.0942. The van der Waals surface area contributed by atoms with Crippen LogP contribution in [-0.4, -0.2) is 40.9 Å². The zero-order chi connectivity index (χ0) is 15.5. The Morgan fingerprint density at radius 3 is 2.67 bits per heavy atom. The van der Waals surface area contributed by atoms with E-state index in [2.05, 4.69) is 9.97 Å². The van der Waals surface area contributed by atoms with Crippen molar-refractivity contribution in [3.05, 3.63) is 35.6 Å². The fraction of sp³-hybridized carbons (Fsp3) is 0.400. The second-order valence-electron chi connectivity index (χ2n) is 5.80. The lowest BCUT2D eigenvalue weighted by Crippen LogP contribution is -2.39. The Morgan fingerprint density at radius 2 is 2.05 bits per heavy atom. The second kappa shape index (κ2) is 6.32. The predicted molar refractivity (Wildman–Crippen MR) is 85.1 cm³/mol. The summed E-state index contributed by atoms with van der Waals surface area (Å²) in [5.41, 5.74) is 6.60. The molecule has 2 aromatic heterocycles. The van der Waals surface area contributed by atoms with E-state index in [1.807, 2.05) is 26.0 Å². The van der Waals surface area contributed by atoms with Crippen LogP contribution in [0.2, 0.25) is 0 Å². The number of rotatable bonds is 5. The molecule has 2 aromatic rings. The van der Waals surface area contributed by atoms with Gasteiger partial charge in [0.2, 0.25) is 0 Å². The van der Waals surface area contributed by atoms with Gasteiger partial charge in [-0.3, -0.25) is 9.78 Å². The molecule has 0 saturated carbocycles. The molecule has 0 spiro atoms. The van der Waals surface area contributed by atoms with Crippen LogP contribution >= 0.6 is 11.3 Å². The molecule has 0 atom stereocenters. The SMILES string of the molecule is CN(CC(C)(C)CN)C(=O)c1cnc(-c2ccncc2)s1. The van der Waals surface area contributed by atoms with Crippen molar-refractivity contribution in [2.24, 2.45) is 11.1 Å². The molecular formula is C15H20N4OS. The van der Waals surface area contributed by atoms with Gasteiger partial charge in [-0.2, -0.15) is 0 Å². The van der Waals surface area contributed by atoms with Crippen molar-refractivity contribution in [3.8, 4) is 10.6 Å². The van der Waals surface area contributed by atoms with Crippen molar-refractivity contribution in [3.63, 3.8) is 0 Å². The zero-order valence-corrected chi connectivity index (χ0v) is 13.4. The molecule has 2 rings (SSSR count). The largest absolute Gasteiger partial charge is 0.340 e. The monoisotopic (exact) mass is 304 g/mol. The molecule has 0 bridgehead atoms.